The zero-order chi connectivity index (χ0) is 12.4. The predicted octanol–water partition coefficient (Wildman–Crippen LogP) is 1.88. The Morgan fingerprint density at radius 2 is 2.12 bits per heavy atom. The summed E-state index contributed by atoms with van der Waals surface area (Å²) in [6.07, 6.45) is -0.934. The average Bonchev–Trinajstić information content (AvgIpc) is 2.36. The maximum Gasteiger partial charge on any atom is 0.174 e. The Morgan fingerprint density at radius 1 is 1.35 bits per heavy atom. The van der Waals surface area contributed by atoms with E-state index in [0.29, 0.717) is 5.69 Å². The number of fused-ring (bicyclic) bond motifs is 1. The summed E-state index contributed by atoms with van der Waals surface area (Å²) in [4.78, 5) is 4.91. The van der Waals surface area contributed by atoms with Gasteiger partial charge in [-0.1, -0.05) is 15.9 Å². The third-order valence-electron chi connectivity index (χ3n) is 2.46. The second kappa shape index (κ2) is 5.05. The van der Waals surface area contributed by atoms with Crippen LogP contribution in [0, 0.1) is 0 Å². The van der Waals surface area contributed by atoms with Gasteiger partial charge in [-0.3, -0.25) is 4.84 Å². The lowest BCUT2D eigenvalue weighted by Crippen LogP contribution is -2.24. The Morgan fingerprint density at radius 3 is 2.82 bits per heavy atom. The summed E-state index contributed by atoms with van der Waals surface area (Å²) in [6, 6.07) is 7.47. The van der Waals surface area contributed by atoms with E-state index in [9.17, 15) is 5.11 Å². The minimum Gasteiger partial charge on any atom is -0.371 e. The van der Waals surface area contributed by atoms with Crippen LogP contribution < -0.4 is 0 Å². The van der Waals surface area contributed by atoms with Crippen molar-refractivity contribution in [2.75, 3.05) is 14.2 Å². The summed E-state index contributed by atoms with van der Waals surface area (Å²) in [5, 5.41) is 20.1. The van der Waals surface area contributed by atoms with Crippen LogP contribution in [-0.2, 0) is 4.84 Å². The van der Waals surface area contributed by atoms with E-state index >= 15 is 0 Å². The number of benzene rings is 1. The van der Waals surface area contributed by atoms with Crippen LogP contribution in [0.3, 0.4) is 0 Å². The highest BCUT2D eigenvalue weighted by Gasteiger charge is 2.15. The van der Waals surface area contributed by atoms with Crippen LogP contribution in [0.2, 0.25) is 0 Å². The van der Waals surface area contributed by atoms with E-state index in [4.69, 9.17) is 4.84 Å². The fourth-order valence-electron chi connectivity index (χ4n) is 1.44. The molecule has 0 aliphatic heterocycles. The maximum atomic E-state index is 9.90. The monoisotopic (exact) mass is 297 g/mol. The van der Waals surface area contributed by atoms with E-state index in [2.05, 4.69) is 26.1 Å². The fraction of sp³-hybridized carbons (Fsp3) is 0.273. The summed E-state index contributed by atoms with van der Waals surface area (Å²) >= 11 is 3.39. The third-order valence-corrected chi connectivity index (χ3v) is 2.96. The second-order valence-corrected chi connectivity index (χ2v) is 4.49. The zero-order valence-corrected chi connectivity index (χ0v) is 11.0. The minimum absolute atomic E-state index is 0.444. The molecule has 0 spiro atoms. The molecular formula is C11H12BrN3O2. The lowest BCUT2D eigenvalue weighted by atomic mass is 10.2. The van der Waals surface area contributed by atoms with Crippen molar-refractivity contribution in [3.8, 4) is 0 Å². The van der Waals surface area contributed by atoms with Gasteiger partial charge in [-0.15, -0.1) is 0 Å². The molecule has 0 saturated heterocycles. The van der Waals surface area contributed by atoms with Gasteiger partial charge in [0, 0.05) is 16.9 Å². The zero-order valence-electron chi connectivity index (χ0n) is 9.46. The van der Waals surface area contributed by atoms with Crippen LogP contribution in [0.1, 0.15) is 11.9 Å². The Kier molecular flexibility index (Phi) is 3.68. The van der Waals surface area contributed by atoms with Crippen LogP contribution in [0.4, 0.5) is 0 Å². The van der Waals surface area contributed by atoms with Gasteiger partial charge in [-0.25, -0.2) is 0 Å². The quantitative estimate of drug-likeness (QED) is 0.692. The first-order valence-electron chi connectivity index (χ1n) is 4.99. The molecule has 1 unspecified atom stereocenters. The van der Waals surface area contributed by atoms with Crippen molar-refractivity contribution >= 4 is 26.8 Å². The molecule has 1 N–H and O–H groups in total. The molecule has 1 aromatic heterocycles. The summed E-state index contributed by atoms with van der Waals surface area (Å²) in [5.74, 6) is 0. The van der Waals surface area contributed by atoms with Crippen molar-refractivity contribution in [3.05, 3.63) is 34.4 Å². The van der Waals surface area contributed by atoms with Crippen molar-refractivity contribution in [3.63, 3.8) is 0 Å². The fourth-order valence-corrected chi connectivity index (χ4v) is 1.82. The van der Waals surface area contributed by atoms with Crippen molar-refractivity contribution in [1.29, 1.82) is 0 Å². The molecule has 1 heterocycles. The number of nitrogens with zero attached hydrogens (tertiary/aromatic N) is 3. The van der Waals surface area contributed by atoms with Crippen molar-refractivity contribution < 1.29 is 9.94 Å². The normalized spacial score (nSPS) is 13.2. The number of rotatable bonds is 3. The first-order valence-corrected chi connectivity index (χ1v) is 5.79. The summed E-state index contributed by atoms with van der Waals surface area (Å²) in [7, 11) is 3.10. The molecular weight excluding hydrogens is 286 g/mol. The number of aliphatic hydroxyl groups excluding tert-OH is 1. The van der Waals surface area contributed by atoms with Gasteiger partial charge in [0.1, 0.15) is 5.69 Å². The first kappa shape index (κ1) is 12.4. The molecule has 6 heteroatoms. The summed E-state index contributed by atoms with van der Waals surface area (Å²) in [5.41, 5.74) is 1.23. The van der Waals surface area contributed by atoms with E-state index in [1.807, 2.05) is 18.2 Å². The number of aromatic nitrogens is 2. The van der Waals surface area contributed by atoms with E-state index in [1.165, 1.54) is 12.2 Å². The van der Waals surface area contributed by atoms with Gasteiger partial charge in [0.05, 0.1) is 12.6 Å². The lowest BCUT2D eigenvalue weighted by molar-refractivity contribution is -0.207. The SMILES string of the molecule is CON(C)C(O)c1cc2cc(Br)ccc2nn1. The van der Waals surface area contributed by atoms with E-state index in [1.54, 1.807) is 13.1 Å². The highest BCUT2D eigenvalue weighted by atomic mass is 79.9. The number of hydrogen-bond acceptors (Lipinski definition) is 5. The molecule has 90 valence electrons. The van der Waals surface area contributed by atoms with Crippen LogP contribution in [0.15, 0.2) is 28.7 Å². The van der Waals surface area contributed by atoms with Gasteiger partial charge in [-0.05, 0) is 24.3 Å². The molecule has 0 aliphatic rings. The van der Waals surface area contributed by atoms with Gasteiger partial charge in [-0.2, -0.15) is 15.3 Å². The largest absolute Gasteiger partial charge is 0.371 e. The molecule has 0 fully saturated rings. The number of hydrogen-bond donors (Lipinski definition) is 1. The van der Waals surface area contributed by atoms with Gasteiger partial charge >= 0.3 is 0 Å². The van der Waals surface area contributed by atoms with Gasteiger partial charge in [0.2, 0.25) is 0 Å². The van der Waals surface area contributed by atoms with E-state index in [-0.39, 0.29) is 0 Å². The Labute approximate surface area is 107 Å². The number of aliphatic hydroxyl groups is 1. The number of halogens is 1. The second-order valence-electron chi connectivity index (χ2n) is 3.57. The molecule has 1 atom stereocenters. The topological polar surface area (TPSA) is 58.5 Å². The predicted molar refractivity (Wildman–Crippen MR) is 67.0 cm³/mol. The molecule has 0 amide bonds. The van der Waals surface area contributed by atoms with E-state index in [0.717, 1.165) is 15.4 Å². The number of hydroxylamine groups is 2. The molecule has 0 radical (unpaired) electrons. The van der Waals surface area contributed by atoms with Crippen LogP contribution in [0.5, 0.6) is 0 Å². The molecule has 0 bridgehead atoms. The highest BCUT2D eigenvalue weighted by Crippen LogP contribution is 2.21. The Hall–Kier alpha value is -1.08. The minimum atomic E-state index is -0.934. The third kappa shape index (κ3) is 2.61. The molecule has 0 saturated carbocycles. The average molecular weight is 298 g/mol. The summed E-state index contributed by atoms with van der Waals surface area (Å²) in [6.45, 7) is 0. The lowest BCUT2D eigenvalue weighted by Gasteiger charge is -2.19. The molecule has 0 aliphatic carbocycles. The molecule has 5 nitrogen and oxygen atoms in total. The Bertz CT molecular complexity index is 535. The molecule has 1 aromatic carbocycles. The highest BCUT2D eigenvalue weighted by molar-refractivity contribution is 9.10. The van der Waals surface area contributed by atoms with Crippen molar-refractivity contribution in [2.45, 2.75) is 6.23 Å². The van der Waals surface area contributed by atoms with Crippen LogP contribution in [0.25, 0.3) is 10.9 Å². The van der Waals surface area contributed by atoms with Crippen LogP contribution >= 0.6 is 15.9 Å². The van der Waals surface area contributed by atoms with Gasteiger partial charge < -0.3 is 5.11 Å². The summed E-state index contributed by atoms with van der Waals surface area (Å²) < 4.78 is 0.957. The van der Waals surface area contributed by atoms with Crippen molar-refractivity contribution in [1.82, 2.24) is 15.3 Å². The van der Waals surface area contributed by atoms with Crippen molar-refractivity contribution in [2.24, 2.45) is 0 Å². The van der Waals surface area contributed by atoms with Gasteiger partial charge in [0.25, 0.3) is 0 Å². The molecule has 2 aromatic rings. The maximum absolute atomic E-state index is 9.90. The van der Waals surface area contributed by atoms with Crippen LogP contribution in [-0.4, -0.2) is 34.5 Å². The standard InChI is InChI=1S/C11H12BrN3O2/c1-15(17-2)11(16)10-6-7-5-8(12)3-4-9(7)13-14-10/h3-6,11,16H,1-2H3. The molecule has 17 heavy (non-hydrogen) atoms. The van der Waals surface area contributed by atoms with Gasteiger partial charge in [0.15, 0.2) is 6.23 Å². The first-order chi connectivity index (χ1) is 8.11. The smallest absolute Gasteiger partial charge is 0.174 e. The van der Waals surface area contributed by atoms with E-state index < -0.39 is 6.23 Å². The Balaban J connectivity index is 2.43. The molecule has 2 rings (SSSR count).